The van der Waals surface area contributed by atoms with Crippen molar-refractivity contribution in [1.29, 1.82) is 0 Å². The zero-order valence-corrected chi connectivity index (χ0v) is 11.8. The average Bonchev–Trinajstić information content (AvgIpc) is 2.79. The zero-order valence-electron chi connectivity index (χ0n) is 11.8. The predicted octanol–water partition coefficient (Wildman–Crippen LogP) is 3.51. The molecule has 1 aromatic carbocycles. The molecule has 1 aliphatic rings. The Balaban J connectivity index is 2.13. The van der Waals surface area contributed by atoms with E-state index in [-0.39, 0.29) is 5.41 Å². The van der Waals surface area contributed by atoms with Crippen LogP contribution in [0.4, 0.5) is 0 Å². The summed E-state index contributed by atoms with van der Waals surface area (Å²) in [6.07, 6.45) is 3.46. The second-order valence-corrected chi connectivity index (χ2v) is 5.46. The van der Waals surface area contributed by atoms with Crippen LogP contribution in [0.2, 0.25) is 0 Å². The molecule has 2 heteroatoms. The van der Waals surface area contributed by atoms with Gasteiger partial charge in [0.15, 0.2) is 0 Å². The lowest BCUT2D eigenvalue weighted by Crippen LogP contribution is -2.37. The van der Waals surface area contributed by atoms with E-state index in [1.807, 2.05) is 0 Å². The summed E-state index contributed by atoms with van der Waals surface area (Å²) >= 11 is 0. The smallest absolute Gasteiger partial charge is 0.119 e. The van der Waals surface area contributed by atoms with Crippen LogP contribution in [0.15, 0.2) is 24.3 Å². The highest BCUT2D eigenvalue weighted by atomic mass is 16.5. The standard InChI is InChI=1S/C16H25NO/c1-4-12-18-14-8-6-13(7-9-14)16(3)10-11-17-15(16)5-2/h6-9,15,17H,4-5,10-12H2,1-3H3. The lowest BCUT2D eigenvalue weighted by Gasteiger charge is -2.31. The first-order chi connectivity index (χ1) is 8.70. The molecule has 1 aliphatic heterocycles. The molecule has 1 aromatic rings. The molecule has 1 fully saturated rings. The molecule has 0 spiro atoms. The molecule has 2 atom stereocenters. The van der Waals surface area contributed by atoms with Gasteiger partial charge in [0.2, 0.25) is 0 Å². The first kappa shape index (κ1) is 13.4. The Kier molecular flexibility index (Phi) is 4.28. The van der Waals surface area contributed by atoms with Crippen LogP contribution in [-0.2, 0) is 5.41 Å². The molecule has 1 N–H and O–H groups in total. The van der Waals surface area contributed by atoms with Gasteiger partial charge in [-0.05, 0) is 43.5 Å². The minimum absolute atomic E-state index is 0.276. The van der Waals surface area contributed by atoms with E-state index in [4.69, 9.17) is 4.74 Å². The van der Waals surface area contributed by atoms with Crippen molar-refractivity contribution in [2.75, 3.05) is 13.2 Å². The van der Waals surface area contributed by atoms with Crippen molar-refractivity contribution >= 4 is 0 Å². The van der Waals surface area contributed by atoms with Gasteiger partial charge in [0.1, 0.15) is 5.75 Å². The van der Waals surface area contributed by atoms with Gasteiger partial charge in [0, 0.05) is 11.5 Å². The zero-order chi connectivity index (χ0) is 13.0. The van der Waals surface area contributed by atoms with Crippen molar-refractivity contribution < 1.29 is 4.74 Å². The molecule has 2 nitrogen and oxygen atoms in total. The van der Waals surface area contributed by atoms with Gasteiger partial charge in [0.05, 0.1) is 6.61 Å². The van der Waals surface area contributed by atoms with E-state index in [1.54, 1.807) is 0 Å². The lowest BCUT2D eigenvalue weighted by molar-refractivity contribution is 0.317. The maximum absolute atomic E-state index is 5.64. The summed E-state index contributed by atoms with van der Waals surface area (Å²) in [4.78, 5) is 0. The van der Waals surface area contributed by atoms with E-state index >= 15 is 0 Å². The van der Waals surface area contributed by atoms with Gasteiger partial charge in [-0.1, -0.05) is 32.9 Å². The van der Waals surface area contributed by atoms with Crippen LogP contribution in [0, 0.1) is 0 Å². The quantitative estimate of drug-likeness (QED) is 0.859. The minimum Gasteiger partial charge on any atom is -0.494 e. The molecule has 1 heterocycles. The molecule has 0 saturated carbocycles. The third-order valence-corrected chi connectivity index (χ3v) is 4.20. The molecular weight excluding hydrogens is 222 g/mol. The Morgan fingerprint density at radius 2 is 2.00 bits per heavy atom. The predicted molar refractivity (Wildman–Crippen MR) is 76.3 cm³/mol. The molecule has 2 rings (SSSR count). The van der Waals surface area contributed by atoms with Crippen molar-refractivity contribution in [1.82, 2.24) is 5.32 Å². The Morgan fingerprint density at radius 1 is 1.28 bits per heavy atom. The van der Waals surface area contributed by atoms with E-state index in [0.29, 0.717) is 6.04 Å². The number of nitrogens with one attached hydrogen (secondary N) is 1. The fraction of sp³-hybridized carbons (Fsp3) is 0.625. The molecular formula is C16H25NO. The summed E-state index contributed by atoms with van der Waals surface area (Å²) in [5.74, 6) is 0.989. The second kappa shape index (κ2) is 5.75. The lowest BCUT2D eigenvalue weighted by atomic mass is 9.75. The highest BCUT2D eigenvalue weighted by Gasteiger charge is 2.38. The van der Waals surface area contributed by atoms with Crippen molar-refractivity contribution in [3.8, 4) is 5.75 Å². The number of benzene rings is 1. The molecule has 2 unspecified atom stereocenters. The van der Waals surface area contributed by atoms with Gasteiger partial charge in [-0.15, -0.1) is 0 Å². The molecule has 1 saturated heterocycles. The maximum Gasteiger partial charge on any atom is 0.119 e. The topological polar surface area (TPSA) is 21.3 Å². The van der Waals surface area contributed by atoms with E-state index in [9.17, 15) is 0 Å². The Labute approximate surface area is 111 Å². The molecule has 0 aliphatic carbocycles. The van der Waals surface area contributed by atoms with E-state index in [0.717, 1.165) is 25.3 Å². The van der Waals surface area contributed by atoms with Gasteiger partial charge in [0.25, 0.3) is 0 Å². The SMILES string of the molecule is CCCOc1ccc(C2(C)CCNC2CC)cc1. The number of hydrogen-bond donors (Lipinski definition) is 1. The first-order valence-corrected chi connectivity index (χ1v) is 7.17. The second-order valence-electron chi connectivity index (χ2n) is 5.46. The average molecular weight is 247 g/mol. The summed E-state index contributed by atoms with van der Waals surface area (Å²) in [7, 11) is 0. The summed E-state index contributed by atoms with van der Waals surface area (Å²) in [6.45, 7) is 8.70. The largest absolute Gasteiger partial charge is 0.494 e. The number of rotatable bonds is 5. The summed E-state index contributed by atoms with van der Waals surface area (Å²) in [5.41, 5.74) is 1.71. The Bertz CT molecular complexity index is 373. The fourth-order valence-electron chi connectivity index (χ4n) is 3.00. The first-order valence-electron chi connectivity index (χ1n) is 7.17. The monoisotopic (exact) mass is 247 g/mol. The van der Waals surface area contributed by atoms with Gasteiger partial charge in [-0.3, -0.25) is 0 Å². The summed E-state index contributed by atoms with van der Waals surface area (Å²) < 4.78 is 5.64. The summed E-state index contributed by atoms with van der Waals surface area (Å²) in [5, 5.41) is 3.61. The molecule has 18 heavy (non-hydrogen) atoms. The minimum atomic E-state index is 0.276. The summed E-state index contributed by atoms with van der Waals surface area (Å²) in [6, 6.07) is 9.30. The van der Waals surface area contributed by atoms with Gasteiger partial charge in [-0.25, -0.2) is 0 Å². The molecule has 0 bridgehead atoms. The van der Waals surface area contributed by atoms with E-state index in [2.05, 4.69) is 50.4 Å². The van der Waals surface area contributed by atoms with Crippen LogP contribution in [0.25, 0.3) is 0 Å². The fourth-order valence-corrected chi connectivity index (χ4v) is 3.00. The number of hydrogen-bond acceptors (Lipinski definition) is 2. The van der Waals surface area contributed by atoms with Gasteiger partial charge in [-0.2, -0.15) is 0 Å². The highest BCUT2D eigenvalue weighted by molar-refractivity contribution is 5.34. The molecule has 0 amide bonds. The van der Waals surface area contributed by atoms with Crippen LogP contribution in [0.3, 0.4) is 0 Å². The van der Waals surface area contributed by atoms with Gasteiger partial charge >= 0.3 is 0 Å². The third kappa shape index (κ3) is 2.54. The molecule has 100 valence electrons. The normalized spacial score (nSPS) is 27.4. The van der Waals surface area contributed by atoms with Crippen LogP contribution >= 0.6 is 0 Å². The van der Waals surface area contributed by atoms with E-state index < -0.39 is 0 Å². The van der Waals surface area contributed by atoms with Gasteiger partial charge < -0.3 is 10.1 Å². The van der Waals surface area contributed by atoms with Crippen LogP contribution in [-0.4, -0.2) is 19.2 Å². The number of ether oxygens (including phenoxy) is 1. The molecule has 0 radical (unpaired) electrons. The van der Waals surface area contributed by atoms with Crippen LogP contribution in [0.1, 0.15) is 45.6 Å². The molecule has 0 aromatic heterocycles. The maximum atomic E-state index is 5.64. The van der Waals surface area contributed by atoms with Crippen molar-refractivity contribution in [2.24, 2.45) is 0 Å². The van der Waals surface area contributed by atoms with E-state index in [1.165, 1.54) is 18.4 Å². The highest BCUT2D eigenvalue weighted by Crippen LogP contribution is 2.37. The van der Waals surface area contributed by atoms with Crippen LogP contribution < -0.4 is 10.1 Å². The third-order valence-electron chi connectivity index (χ3n) is 4.20. The van der Waals surface area contributed by atoms with Crippen molar-refractivity contribution in [3.63, 3.8) is 0 Å². The Hall–Kier alpha value is -1.02. The van der Waals surface area contributed by atoms with Crippen molar-refractivity contribution in [2.45, 2.75) is 51.5 Å². The van der Waals surface area contributed by atoms with Crippen LogP contribution in [0.5, 0.6) is 5.75 Å². The Morgan fingerprint density at radius 3 is 2.61 bits per heavy atom. The van der Waals surface area contributed by atoms with Crippen molar-refractivity contribution in [3.05, 3.63) is 29.8 Å².